The molecular weight excluding hydrogens is 188 g/mol. The monoisotopic (exact) mass is 206 g/mol. The number of hydrogen-bond donors (Lipinski definition) is 0. The van der Waals surface area contributed by atoms with Crippen molar-refractivity contribution < 1.29 is 0 Å². The molecule has 0 heterocycles. The molecule has 0 nitrogen and oxygen atoms in total. The highest BCUT2D eigenvalue weighted by Gasteiger charge is 2.06. The van der Waals surface area contributed by atoms with Crippen molar-refractivity contribution >= 4 is 17.3 Å². The largest absolute Gasteiger partial charge is 0.157 e. The highest BCUT2D eigenvalue weighted by atomic mass is 32.2. The lowest BCUT2D eigenvalue weighted by Crippen LogP contribution is -1.91. The third-order valence-electron chi connectivity index (χ3n) is 2.43. The quantitative estimate of drug-likeness (QED) is 0.697. The van der Waals surface area contributed by atoms with Gasteiger partial charge in [0.15, 0.2) is 0 Å². The molecule has 76 valence electrons. The fraction of sp³-hybridized carbons (Fsp3) is 0.385. The Morgan fingerprint density at radius 2 is 1.93 bits per heavy atom. The van der Waals surface area contributed by atoms with Crippen molar-refractivity contribution in [3.63, 3.8) is 0 Å². The van der Waals surface area contributed by atoms with Crippen molar-refractivity contribution in [3.8, 4) is 0 Å². The van der Waals surface area contributed by atoms with Crippen LogP contribution in [0.5, 0.6) is 0 Å². The van der Waals surface area contributed by atoms with Crippen molar-refractivity contribution in [2.45, 2.75) is 25.5 Å². The Balaban J connectivity index is 2.87. The normalized spacial score (nSPS) is 12.5. The van der Waals surface area contributed by atoms with Gasteiger partial charge in [-0.05, 0) is 30.7 Å². The van der Waals surface area contributed by atoms with Crippen molar-refractivity contribution in [2.24, 2.45) is 0 Å². The summed E-state index contributed by atoms with van der Waals surface area (Å²) in [6.07, 6.45) is 3.36. The van der Waals surface area contributed by atoms with E-state index >= 15 is 0 Å². The predicted octanol–water partition coefficient (Wildman–Crippen LogP) is 4.53. The second kappa shape index (κ2) is 5.26. The Labute approximate surface area is 91.4 Å². The molecule has 1 aromatic carbocycles. The van der Waals surface area contributed by atoms with Gasteiger partial charge in [-0.15, -0.1) is 0 Å². The Kier molecular flexibility index (Phi) is 4.27. The molecular formula is C13H18S. The van der Waals surface area contributed by atoms with Crippen LogP contribution in [0.15, 0.2) is 30.8 Å². The molecule has 0 radical (unpaired) electrons. The van der Waals surface area contributed by atoms with Crippen molar-refractivity contribution in [1.29, 1.82) is 0 Å². The molecule has 1 unspecified atom stereocenters. The van der Waals surface area contributed by atoms with Gasteiger partial charge in [-0.25, -0.2) is 0 Å². The van der Waals surface area contributed by atoms with Crippen LogP contribution in [-0.4, -0.2) is 6.26 Å². The van der Waals surface area contributed by atoms with Gasteiger partial charge >= 0.3 is 0 Å². The van der Waals surface area contributed by atoms with E-state index in [9.17, 15) is 0 Å². The predicted molar refractivity (Wildman–Crippen MR) is 67.7 cm³/mol. The van der Waals surface area contributed by atoms with Crippen LogP contribution in [0.4, 0.5) is 0 Å². The maximum absolute atomic E-state index is 3.94. The van der Waals surface area contributed by atoms with Crippen LogP contribution in [0, 0.1) is 0 Å². The molecule has 1 rings (SSSR count). The van der Waals surface area contributed by atoms with Gasteiger partial charge in [0.05, 0.1) is 0 Å². The number of rotatable bonds is 4. The summed E-state index contributed by atoms with van der Waals surface area (Å²) in [6.45, 7) is 8.21. The van der Waals surface area contributed by atoms with Crippen LogP contribution in [0.2, 0.25) is 0 Å². The highest BCUT2D eigenvalue weighted by molar-refractivity contribution is 7.98. The Morgan fingerprint density at radius 3 is 2.29 bits per heavy atom. The summed E-state index contributed by atoms with van der Waals surface area (Å²) in [6, 6.07) is 8.76. The first-order valence-electron chi connectivity index (χ1n) is 4.97. The minimum absolute atomic E-state index is 0.633. The molecule has 0 saturated carbocycles. The lowest BCUT2D eigenvalue weighted by molar-refractivity contribution is 0.898. The molecule has 0 bridgehead atoms. The first-order valence-corrected chi connectivity index (χ1v) is 6.26. The molecule has 1 aromatic rings. The number of thioether (sulfide) groups is 1. The Morgan fingerprint density at radius 1 is 1.36 bits per heavy atom. The first-order chi connectivity index (χ1) is 6.69. The maximum Gasteiger partial charge on any atom is 0.0291 e. The van der Waals surface area contributed by atoms with Gasteiger partial charge in [-0.2, -0.15) is 11.8 Å². The minimum Gasteiger partial charge on any atom is -0.157 e. The standard InChI is InChI=1S/C13H18S/c1-5-13(14-4)12-8-6-11(7-9-12)10(2)3/h6-9,13H,2,5H2,1,3-4H3. The molecule has 0 aliphatic rings. The zero-order valence-corrected chi connectivity index (χ0v) is 10.0. The number of benzene rings is 1. The van der Waals surface area contributed by atoms with E-state index in [1.54, 1.807) is 0 Å². The van der Waals surface area contributed by atoms with Gasteiger partial charge in [0.25, 0.3) is 0 Å². The molecule has 0 N–H and O–H groups in total. The Hall–Kier alpha value is -0.690. The molecule has 1 heteroatoms. The average Bonchev–Trinajstić information content (AvgIpc) is 2.20. The van der Waals surface area contributed by atoms with Crippen molar-refractivity contribution in [3.05, 3.63) is 42.0 Å². The summed E-state index contributed by atoms with van der Waals surface area (Å²) in [5.41, 5.74) is 3.79. The van der Waals surface area contributed by atoms with E-state index in [2.05, 4.69) is 44.0 Å². The van der Waals surface area contributed by atoms with Gasteiger partial charge in [-0.1, -0.05) is 43.3 Å². The zero-order chi connectivity index (χ0) is 10.6. The summed E-state index contributed by atoms with van der Waals surface area (Å²) in [4.78, 5) is 0. The smallest absolute Gasteiger partial charge is 0.0291 e. The summed E-state index contributed by atoms with van der Waals surface area (Å²) < 4.78 is 0. The molecule has 0 amide bonds. The van der Waals surface area contributed by atoms with Crippen LogP contribution in [-0.2, 0) is 0 Å². The SMILES string of the molecule is C=C(C)c1ccc(C(CC)SC)cc1. The van der Waals surface area contributed by atoms with Crippen molar-refractivity contribution in [2.75, 3.05) is 6.26 Å². The summed E-state index contributed by atoms with van der Waals surface area (Å²) in [5, 5.41) is 0.633. The maximum atomic E-state index is 3.94. The van der Waals surface area contributed by atoms with E-state index in [1.807, 2.05) is 18.7 Å². The van der Waals surface area contributed by atoms with Crippen LogP contribution < -0.4 is 0 Å². The Bertz CT molecular complexity index is 294. The molecule has 0 aromatic heterocycles. The van der Waals surface area contributed by atoms with E-state index in [0.29, 0.717) is 5.25 Å². The molecule has 1 atom stereocenters. The van der Waals surface area contributed by atoms with Crippen LogP contribution in [0.25, 0.3) is 5.57 Å². The molecule has 0 spiro atoms. The van der Waals surface area contributed by atoms with Gasteiger partial charge in [0, 0.05) is 5.25 Å². The lowest BCUT2D eigenvalue weighted by Gasteiger charge is -2.12. The zero-order valence-electron chi connectivity index (χ0n) is 9.21. The molecule has 0 fully saturated rings. The van der Waals surface area contributed by atoms with Gasteiger partial charge in [0.1, 0.15) is 0 Å². The summed E-state index contributed by atoms with van der Waals surface area (Å²) in [7, 11) is 0. The molecule has 0 aliphatic heterocycles. The van der Waals surface area contributed by atoms with Gasteiger partial charge in [-0.3, -0.25) is 0 Å². The third kappa shape index (κ3) is 2.65. The van der Waals surface area contributed by atoms with Gasteiger partial charge < -0.3 is 0 Å². The van der Waals surface area contributed by atoms with E-state index in [4.69, 9.17) is 0 Å². The third-order valence-corrected chi connectivity index (χ3v) is 3.61. The summed E-state index contributed by atoms with van der Waals surface area (Å²) in [5.74, 6) is 0. The molecule has 0 aliphatic carbocycles. The van der Waals surface area contributed by atoms with E-state index < -0.39 is 0 Å². The average molecular weight is 206 g/mol. The fourth-order valence-corrected chi connectivity index (χ4v) is 2.28. The van der Waals surface area contributed by atoms with Crippen LogP contribution >= 0.6 is 11.8 Å². The number of hydrogen-bond acceptors (Lipinski definition) is 1. The van der Waals surface area contributed by atoms with E-state index in [0.717, 1.165) is 5.57 Å². The second-order valence-corrected chi connectivity index (χ2v) is 4.58. The lowest BCUT2D eigenvalue weighted by atomic mass is 10.0. The first kappa shape index (κ1) is 11.4. The van der Waals surface area contributed by atoms with E-state index in [-0.39, 0.29) is 0 Å². The van der Waals surface area contributed by atoms with Crippen LogP contribution in [0.1, 0.15) is 36.6 Å². The fourth-order valence-electron chi connectivity index (χ4n) is 1.52. The second-order valence-electron chi connectivity index (χ2n) is 3.53. The van der Waals surface area contributed by atoms with E-state index in [1.165, 1.54) is 17.5 Å². The topological polar surface area (TPSA) is 0 Å². The molecule has 14 heavy (non-hydrogen) atoms. The van der Waals surface area contributed by atoms with Gasteiger partial charge in [0.2, 0.25) is 0 Å². The molecule has 0 saturated heterocycles. The number of allylic oxidation sites excluding steroid dienone is 1. The van der Waals surface area contributed by atoms with Crippen LogP contribution in [0.3, 0.4) is 0 Å². The van der Waals surface area contributed by atoms with Crippen molar-refractivity contribution in [1.82, 2.24) is 0 Å². The highest BCUT2D eigenvalue weighted by Crippen LogP contribution is 2.30. The summed E-state index contributed by atoms with van der Waals surface area (Å²) >= 11 is 1.91. The minimum atomic E-state index is 0.633.